The van der Waals surface area contributed by atoms with Gasteiger partial charge in [0.25, 0.3) is 0 Å². The highest BCUT2D eigenvalue weighted by molar-refractivity contribution is 9.10. The van der Waals surface area contributed by atoms with Crippen molar-refractivity contribution in [3.63, 3.8) is 0 Å². The van der Waals surface area contributed by atoms with Crippen molar-refractivity contribution < 1.29 is 9.53 Å². The molecule has 2 rings (SSSR count). The van der Waals surface area contributed by atoms with E-state index in [0.717, 1.165) is 32.4 Å². The predicted molar refractivity (Wildman–Crippen MR) is 99.0 cm³/mol. The van der Waals surface area contributed by atoms with Gasteiger partial charge in [0.2, 0.25) is 0 Å². The maximum Gasteiger partial charge on any atom is 0.410 e. The van der Waals surface area contributed by atoms with E-state index in [1.807, 2.05) is 25.7 Å². The van der Waals surface area contributed by atoms with Crippen LogP contribution in [0.1, 0.15) is 57.9 Å². The van der Waals surface area contributed by atoms with Crippen LogP contribution in [-0.2, 0) is 4.74 Å². The maximum absolute atomic E-state index is 12.2. The molecule has 6 heteroatoms. The van der Waals surface area contributed by atoms with Crippen molar-refractivity contribution in [2.45, 2.75) is 64.6 Å². The Morgan fingerprint density at radius 3 is 2.78 bits per heavy atom. The summed E-state index contributed by atoms with van der Waals surface area (Å²) in [7, 11) is 0. The van der Waals surface area contributed by atoms with Gasteiger partial charge in [0.05, 0.1) is 0 Å². The van der Waals surface area contributed by atoms with Gasteiger partial charge in [-0.2, -0.15) is 0 Å². The van der Waals surface area contributed by atoms with Gasteiger partial charge in [-0.25, -0.2) is 4.79 Å². The molecule has 2 atom stereocenters. The van der Waals surface area contributed by atoms with E-state index in [4.69, 9.17) is 4.74 Å². The number of carbonyl (C=O) groups excluding carboxylic acids is 1. The number of ether oxygens (including phenoxy) is 1. The van der Waals surface area contributed by atoms with Gasteiger partial charge in [-0.05, 0) is 74.3 Å². The number of carbonyl (C=O) groups is 1. The molecule has 0 radical (unpaired) electrons. The lowest BCUT2D eigenvalue weighted by molar-refractivity contribution is 0.0256. The molecule has 1 aromatic heterocycles. The molecule has 0 saturated carbocycles. The first-order valence-corrected chi connectivity index (χ1v) is 9.90. The molecule has 23 heavy (non-hydrogen) atoms. The van der Waals surface area contributed by atoms with E-state index in [1.165, 1.54) is 9.35 Å². The van der Waals surface area contributed by atoms with Gasteiger partial charge in [-0.1, -0.05) is 0 Å². The minimum atomic E-state index is -0.430. The zero-order valence-electron chi connectivity index (χ0n) is 14.4. The Kier molecular flexibility index (Phi) is 6.51. The van der Waals surface area contributed by atoms with Crippen molar-refractivity contribution in [1.82, 2.24) is 10.2 Å². The first kappa shape index (κ1) is 18.7. The van der Waals surface area contributed by atoms with Crippen LogP contribution in [0.25, 0.3) is 0 Å². The van der Waals surface area contributed by atoms with Crippen LogP contribution in [0.15, 0.2) is 15.9 Å². The van der Waals surface area contributed by atoms with Crippen molar-refractivity contribution in [1.29, 1.82) is 0 Å². The second-order valence-corrected chi connectivity index (χ2v) is 8.92. The number of nitrogens with zero attached hydrogens (tertiary/aromatic N) is 1. The van der Waals surface area contributed by atoms with Crippen molar-refractivity contribution in [3.05, 3.63) is 20.8 Å². The summed E-state index contributed by atoms with van der Waals surface area (Å²) in [6.45, 7) is 9.47. The largest absolute Gasteiger partial charge is 0.444 e. The van der Waals surface area contributed by atoms with Crippen molar-refractivity contribution in [3.8, 4) is 0 Å². The lowest BCUT2D eigenvalue weighted by atomic mass is 10.1. The number of hydrogen-bond donors (Lipinski definition) is 1. The summed E-state index contributed by atoms with van der Waals surface area (Å²) in [6, 6.07) is 2.85. The minimum absolute atomic E-state index is 0.188. The van der Waals surface area contributed by atoms with E-state index in [9.17, 15) is 4.79 Å². The van der Waals surface area contributed by atoms with Crippen LogP contribution in [-0.4, -0.2) is 35.7 Å². The van der Waals surface area contributed by atoms with Gasteiger partial charge >= 0.3 is 6.09 Å². The molecule has 4 nitrogen and oxygen atoms in total. The molecule has 1 amide bonds. The molecular formula is C17H27BrN2O2S. The molecule has 0 bridgehead atoms. The number of hydrogen-bond acceptors (Lipinski definition) is 4. The Hall–Kier alpha value is -0.590. The summed E-state index contributed by atoms with van der Waals surface area (Å²) in [5.41, 5.74) is -0.430. The van der Waals surface area contributed by atoms with Crippen molar-refractivity contribution in [2.24, 2.45) is 0 Å². The van der Waals surface area contributed by atoms with E-state index in [0.29, 0.717) is 12.1 Å². The first-order chi connectivity index (χ1) is 10.8. The van der Waals surface area contributed by atoms with Crippen LogP contribution in [0.2, 0.25) is 0 Å². The Bertz CT molecular complexity index is 527. The average Bonchev–Trinajstić information content (AvgIpc) is 2.72. The summed E-state index contributed by atoms with van der Waals surface area (Å²) < 4.78 is 6.66. The topological polar surface area (TPSA) is 41.6 Å². The molecule has 1 aliphatic rings. The number of nitrogens with one attached hydrogen (secondary N) is 1. The number of amides is 1. The van der Waals surface area contributed by atoms with Crippen LogP contribution >= 0.6 is 27.3 Å². The highest BCUT2D eigenvalue weighted by atomic mass is 79.9. The predicted octanol–water partition coefficient (Wildman–Crippen LogP) is 4.95. The van der Waals surface area contributed by atoms with E-state index < -0.39 is 5.60 Å². The summed E-state index contributed by atoms with van der Waals surface area (Å²) in [6.07, 6.45) is 2.88. The highest BCUT2D eigenvalue weighted by Crippen LogP contribution is 2.29. The summed E-state index contributed by atoms with van der Waals surface area (Å²) in [5.74, 6) is 0. The van der Waals surface area contributed by atoms with E-state index >= 15 is 0 Å². The zero-order valence-corrected chi connectivity index (χ0v) is 16.8. The van der Waals surface area contributed by atoms with Crippen LogP contribution in [0.4, 0.5) is 4.79 Å². The van der Waals surface area contributed by atoms with E-state index in [-0.39, 0.29) is 6.09 Å². The van der Waals surface area contributed by atoms with Gasteiger partial charge < -0.3 is 15.0 Å². The molecule has 0 spiro atoms. The summed E-state index contributed by atoms with van der Waals surface area (Å²) in [5, 5.41) is 5.82. The third kappa shape index (κ3) is 5.76. The number of halogens is 1. The summed E-state index contributed by atoms with van der Waals surface area (Å²) >= 11 is 5.37. The Balaban J connectivity index is 1.86. The third-order valence-electron chi connectivity index (χ3n) is 3.90. The van der Waals surface area contributed by atoms with E-state index in [2.05, 4.69) is 39.6 Å². The number of likely N-dealkylation sites (tertiary alicyclic amines) is 1. The van der Waals surface area contributed by atoms with Gasteiger partial charge in [-0.3, -0.25) is 0 Å². The molecule has 1 aromatic rings. The normalized spacial score (nSPS) is 20.9. The molecule has 1 saturated heterocycles. The zero-order chi connectivity index (χ0) is 17.0. The standard InChI is InChI=1S/C17H27BrN2O2S/c1-12(15-14(18)8-11-23-15)19-13-6-5-9-20(10-7-13)16(21)22-17(2,3)4/h8,11-13,19H,5-7,9-10H2,1-4H3. The fraction of sp³-hybridized carbons (Fsp3) is 0.706. The lowest BCUT2D eigenvalue weighted by Crippen LogP contribution is -2.38. The van der Waals surface area contributed by atoms with Crippen LogP contribution < -0.4 is 5.32 Å². The molecular weight excluding hydrogens is 376 g/mol. The molecule has 130 valence electrons. The SMILES string of the molecule is CC(NC1CCCN(C(=O)OC(C)(C)C)CC1)c1sccc1Br. The molecule has 2 heterocycles. The monoisotopic (exact) mass is 402 g/mol. The molecule has 1 fully saturated rings. The van der Waals surface area contributed by atoms with Crippen LogP contribution in [0, 0.1) is 0 Å². The van der Waals surface area contributed by atoms with Crippen molar-refractivity contribution in [2.75, 3.05) is 13.1 Å². The maximum atomic E-state index is 12.2. The van der Waals surface area contributed by atoms with Crippen molar-refractivity contribution >= 4 is 33.4 Å². The Morgan fingerprint density at radius 1 is 1.43 bits per heavy atom. The molecule has 1 N–H and O–H groups in total. The fourth-order valence-corrected chi connectivity index (χ4v) is 4.55. The molecule has 2 unspecified atom stereocenters. The van der Waals surface area contributed by atoms with Crippen LogP contribution in [0.5, 0.6) is 0 Å². The molecule has 0 aliphatic carbocycles. The Morgan fingerprint density at radius 2 is 2.17 bits per heavy atom. The van der Waals surface area contributed by atoms with Gasteiger partial charge in [0, 0.05) is 34.5 Å². The molecule has 1 aliphatic heterocycles. The molecule has 0 aromatic carbocycles. The smallest absolute Gasteiger partial charge is 0.410 e. The van der Waals surface area contributed by atoms with Gasteiger partial charge in [-0.15, -0.1) is 11.3 Å². The second kappa shape index (κ2) is 7.99. The lowest BCUT2D eigenvalue weighted by Gasteiger charge is -2.26. The highest BCUT2D eigenvalue weighted by Gasteiger charge is 2.26. The van der Waals surface area contributed by atoms with E-state index in [1.54, 1.807) is 11.3 Å². The number of rotatable bonds is 3. The third-order valence-corrected chi connectivity index (χ3v) is 5.96. The fourth-order valence-electron chi connectivity index (χ4n) is 2.82. The second-order valence-electron chi connectivity index (χ2n) is 7.12. The average molecular weight is 403 g/mol. The summed E-state index contributed by atoms with van der Waals surface area (Å²) in [4.78, 5) is 15.4. The minimum Gasteiger partial charge on any atom is -0.444 e. The first-order valence-electron chi connectivity index (χ1n) is 8.23. The van der Waals surface area contributed by atoms with Gasteiger partial charge in [0.1, 0.15) is 5.60 Å². The van der Waals surface area contributed by atoms with Gasteiger partial charge in [0.15, 0.2) is 0 Å². The Labute approximate surface area is 151 Å². The van der Waals surface area contributed by atoms with Crippen LogP contribution in [0.3, 0.4) is 0 Å². The quantitative estimate of drug-likeness (QED) is 0.777. The number of thiophene rings is 1.